The van der Waals surface area contributed by atoms with Gasteiger partial charge in [-0.05, 0) is 67.8 Å². The molecule has 0 aliphatic rings. The molecule has 0 aliphatic carbocycles. The van der Waals surface area contributed by atoms with Crippen LogP contribution in [0.2, 0.25) is 0 Å². The lowest BCUT2D eigenvalue weighted by molar-refractivity contribution is 0.0697. The molecule has 0 heterocycles. The maximum atomic E-state index is 11.1. The van der Waals surface area contributed by atoms with Crippen LogP contribution in [0, 0.1) is 13.8 Å². The number of aromatic carboxylic acids is 1. The standard InChI is InChI=1S/C25H26BrNO4/c1-4-30-23-12-20(14-27-22-9-8-19(25(28)29)11-17(22)3)21(26)13-24(23)31-15-18-7-5-6-16(2)10-18/h5-13,27H,4,14-15H2,1-3H3,(H,28,29). The lowest BCUT2D eigenvalue weighted by Gasteiger charge is -2.16. The van der Waals surface area contributed by atoms with E-state index in [-0.39, 0.29) is 5.56 Å². The van der Waals surface area contributed by atoms with Gasteiger partial charge in [-0.1, -0.05) is 45.8 Å². The molecule has 0 amide bonds. The third-order valence-corrected chi connectivity index (χ3v) is 5.57. The van der Waals surface area contributed by atoms with Gasteiger partial charge in [0.1, 0.15) is 6.61 Å². The number of ether oxygens (including phenoxy) is 2. The Morgan fingerprint density at radius 1 is 1.03 bits per heavy atom. The summed E-state index contributed by atoms with van der Waals surface area (Å²) >= 11 is 3.64. The largest absolute Gasteiger partial charge is 0.490 e. The normalized spacial score (nSPS) is 10.6. The van der Waals surface area contributed by atoms with Gasteiger partial charge in [0.25, 0.3) is 0 Å². The molecule has 0 bridgehead atoms. The molecule has 0 fully saturated rings. The van der Waals surface area contributed by atoms with E-state index in [1.807, 2.05) is 38.1 Å². The first-order chi connectivity index (χ1) is 14.9. The average molecular weight is 484 g/mol. The number of aryl methyl sites for hydroxylation is 2. The van der Waals surface area contributed by atoms with Gasteiger partial charge in [-0.25, -0.2) is 4.79 Å². The summed E-state index contributed by atoms with van der Waals surface area (Å²) in [6.45, 7) is 7.43. The lowest BCUT2D eigenvalue weighted by Crippen LogP contribution is -2.05. The number of carboxylic acids is 1. The zero-order valence-electron chi connectivity index (χ0n) is 17.9. The highest BCUT2D eigenvalue weighted by atomic mass is 79.9. The van der Waals surface area contributed by atoms with Crippen LogP contribution in [0.5, 0.6) is 11.5 Å². The minimum absolute atomic E-state index is 0.276. The Morgan fingerprint density at radius 2 is 1.81 bits per heavy atom. The predicted octanol–water partition coefficient (Wildman–Crippen LogP) is 6.35. The second-order valence-corrected chi connectivity index (χ2v) is 8.14. The monoisotopic (exact) mass is 483 g/mol. The second kappa shape index (κ2) is 10.4. The molecule has 0 saturated carbocycles. The smallest absolute Gasteiger partial charge is 0.335 e. The minimum atomic E-state index is -0.931. The predicted molar refractivity (Wildman–Crippen MR) is 126 cm³/mol. The minimum Gasteiger partial charge on any atom is -0.490 e. The Kier molecular flexibility index (Phi) is 7.58. The van der Waals surface area contributed by atoms with Gasteiger partial charge in [-0.15, -0.1) is 0 Å². The first-order valence-electron chi connectivity index (χ1n) is 10.1. The maximum absolute atomic E-state index is 11.1. The maximum Gasteiger partial charge on any atom is 0.335 e. The van der Waals surface area contributed by atoms with Crippen molar-refractivity contribution in [2.45, 2.75) is 33.9 Å². The van der Waals surface area contributed by atoms with Crippen molar-refractivity contribution < 1.29 is 19.4 Å². The SMILES string of the molecule is CCOc1cc(CNc2ccc(C(=O)O)cc2C)c(Br)cc1OCc1cccc(C)c1. The van der Waals surface area contributed by atoms with Crippen LogP contribution >= 0.6 is 15.9 Å². The van der Waals surface area contributed by atoms with Gasteiger partial charge < -0.3 is 19.9 Å². The van der Waals surface area contributed by atoms with Gasteiger partial charge in [-0.3, -0.25) is 0 Å². The van der Waals surface area contributed by atoms with Crippen molar-refractivity contribution in [3.05, 3.63) is 86.9 Å². The Hall–Kier alpha value is -2.99. The van der Waals surface area contributed by atoms with E-state index in [1.54, 1.807) is 18.2 Å². The summed E-state index contributed by atoms with van der Waals surface area (Å²) in [6, 6.07) is 17.2. The molecule has 0 aromatic heterocycles. The number of halogens is 1. The van der Waals surface area contributed by atoms with Gasteiger partial charge in [0, 0.05) is 16.7 Å². The Labute approximate surface area is 191 Å². The number of carbonyl (C=O) groups is 1. The summed E-state index contributed by atoms with van der Waals surface area (Å²) < 4.78 is 12.8. The first kappa shape index (κ1) is 22.7. The van der Waals surface area contributed by atoms with Crippen LogP contribution in [0.3, 0.4) is 0 Å². The highest BCUT2D eigenvalue weighted by Crippen LogP contribution is 2.35. The number of rotatable bonds is 9. The molecule has 0 radical (unpaired) electrons. The van der Waals surface area contributed by atoms with Crippen molar-refractivity contribution in [3.63, 3.8) is 0 Å². The summed E-state index contributed by atoms with van der Waals surface area (Å²) in [5, 5.41) is 12.5. The molecule has 0 aliphatic heterocycles. The summed E-state index contributed by atoms with van der Waals surface area (Å²) in [5.74, 6) is 0.439. The zero-order chi connectivity index (χ0) is 22.4. The quantitative estimate of drug-likeness (QED) is 0.370. The number of hydrogen-bond donors (Lipinski definition) is 2. The summed E-state index contributed by atoms with van der Waals surface area (Å²) in [4.78, 5) is 11.1. The van der Waals surface area contributed by atoms with Crippen LogP contribution in [-0.4, -0.2) is 17.7 Å². The molecule has 3 aromatic carbocycles. The molecule has 0 spiro atoms. The van der Waals surface area contributed by atoms with Crippen molar-refractivity contribution in [2.24, 2.45) is 0 Å². The van der Waals surface area contributed by atoms with E-state index in [1.165, 1.54) is 5.56 Å². The van der Waals surface area contributed by atoms with Crippen LogP contribution in [0.25, 0.3) is 0 Å². The van der Waals surface area contributed by atoms with Crippen molar-refractivity contribution in [3.8, 4) is 11.5 Å². The van der Waals surface area contributed by atoms with E-state index in [0.717, 1.165) is 26.9 Å². The van der Waals surface area contributed by atoms with Crippen molar-refractivity contribution >= 4 is 27.6 Å². The number of nitrogens with one attached hydrogen (secondary N) is 1. The number of carboxylic acid groups (broad SMARTS) is 1. The van der Waals surface area contributed by atoms with Crippen LogP contribution in [0.15, 0.2) is 59.1 Å². The van der Waals surface area contributed by atoms with Crippen LogP contribution in [-0.2, 0) is 13.2 Å². The molecule has 0 atom stereocenters. The molecule has 3 aromatic rings. The summed E-state index contributed by atoms with van der Waals surface area (Å²) in [6.07, 6.45) is 0. The second-order valence-electron chi connectivity index (χ2n) is 7.29. The third kappa shape index (κ3) is 6.01. The van der Waals surface area contributed by atoms with E-state index < -0.39 is 5.97 Å². The molecule has 5 nitrogen and oxygen atoms in total. The molecule has 0 unspecified atom stereocenters. The van der Waals surface area contributed by atoms with Crippen molar-refractivity contribution in [1.29, 1.82) is 0 Å². The van der Waals surface area contributed by atoms with Crippen molar-refractivity contribution in [2.75, 3.05) is 11.9 Å². The fourth-order valence-electron chi connectivity index (χ4n) is 3.24. The topological polar surface area (TPSA) is 67.8 Å². The molecule has 3 rings (SSSR count). The molecule has 6 heteroatoms. The first-order valence-corrected chi connectivity index (χ1v) is 10.9. The van der Waals surface area contributed by atoms with Crippen LogP contribution in [0.1, 0.15) is 39.5 Å². The highest BCUT2D eigenvalue weighted by Gasteiger charge is 2.12. The summed E-state index contributed by atoms with van der Waals surface area (Å²) in [5.41, 5.74) is 5.34. The van der Waals surface area contributed by atoms with Crippen LogP contribution in [0.4, 0.5) is 5.69 Å². The summed E-state index contributed by atoms with van der Waals surface area (Å²) in [7, 11) is 0. The van der Waals surface area contributed by atoms with E-state index in [2.05, 4.69) is 40.3 Å². The molecule has 31 heavy (non-hydrogen) atoms. The van der Waals surface area contributed by atoms with Gasteiger partial charge >= 0.3 is 5.97 Å². The fraction of sp³-hybridized carbons (Fsp3) is 0.240. The third-order valence-electron chi connectivity index (χ3n) is 4.83. The van der Waals surface area contributed by atoms with Gasteiger partial charge in [-0.2, -0.15) is 0 Å². The molecular formula is C25H26BrNO4. The Bertz CT molecular complexity index is 1080. The Balaban J connectivity index is 1.75. The average Bonchev–Trinajstić information content (AvgIpc) is 2.73. The van der Waals surface area contributed by atoms with E-state index >= 15 is 0 Å². The van der Waals surface area contributed by atoms with Gasteiger partial charge in [0.15, 0.2) is 11.5 Å². The molecule has 2 N–H and O–H groups in total. The molecular weight excluding hydrogens is 458 g/mol. The molecule has 0 saturated heterocycles. The van der Waals surface area contributed by atoms with Gasteiger partial charge in [0.2, 0.25) is 0 Å². The van der Waals surface area contributed by atoms with Crippen molar-refractivity contribution in [1.82, 2.24) is 0 Å². The Morgan fingerprint density at radius 3 is 2.48 bits per heavy atom. The van der Waals surface area contributed by atoms with E-state index in [9.17, 15) is 4.79 Å². The van der Waals surface area contributed by atoms with E-state index in [4.69, 9.17) is 14.6 Å². The molecule has 162 valence electrons. The van der Waals surface area contributed by atoms with Crippen LogP contribution < -0.4 is 14.8 Å². The number of benzene rings is 3. The van der Waals surface area contributed by atoms with Gasteiger partial charge in [0.05, 0.1) is 12.2 Å². The lowest BCUT2D eigenvalue weighted by atomic mass is 10.1. The number of hydrogen-bond acceptors (Lipinski definition) is 4. The van der Waals surface area contributed by atoms with E-state index in [0.29, 0.717) is 31.3 Å². The number of anilines is 1. The highest BCUT2D eigenvalue weighted by molar-refractivity contribution is 9.10. The zero-order valence-corrected chi connectivity index (χ0v) is 19.5. The fourth-order valence-corrected chi connectivity index (χ4v) is 3.70.